The maximum absolute atomic E-state index is 5.93. The molecule has 116 valence electrons. The molecule has 0 amide bonds. The van der Waals surface area contributed by atoms with Crippen molar-refractivity contribution in [2.75, 3.05) is 5.32 Å². The van der Waals surface area contributed by atoms with Crippen molar-refractivity contribution in [2.24, 2.45) is 0 Å². The summed E-state index contributed by atoms with van der Waals surface area (Å²) in [5.41, 5.74) is 1.86. The maximum atomic E-state index is 5.93. The van der Waals surface area contributed by atoms with Gasteiger partial charge in [-0.25, -0.2) is 9.97 Å². The third kappa shape index (κ3) is 3.21. The highest BCUT2D eigenvalue weighted by molar-refractivity contribution is 5.73. The lowest BCUT2D eigenvalue weighted by Crippen LogP contribution is -2.10. The molecule has 2 heterocycles. The number of anilines is 2. The topological polar surface area (TPSA) is 47.0 Å². The Hall–Kier alpha value is -2.10. The summed E-state index contributed by atoms with van der Waals surface area (Å²) in [6.45, 7) is 4.22. The van der Waals surface area contributed by atoms with Crippen molar-refractivity contribution in [3.63, 3.8) is 0 Å². The van der Waals surface area contributed by atoms with Gasteiger partial charge in [0.25, 0.3) is 0 Å². The molecule has 4 heteroatoms. The molecule has 22 heavy (non-hydrogen) atoms. The lowest BCUT2D eigenvalue weighted by Gasteiger charge is -2.22. The summed E-state index contributed by atoms with van der Waals surface area (Å²) >= 11 is 0. The number of fused-ring (bicyclic) bond motifs is 2. The fourth-order valence-electron chi connectivity index (χ4n) is 2.72. The second-order valence-electron chi connectivity index (χ2n) is 5.79. The van der Waals surface area contributed by atoms with E-state index in [0.717, 1.165) is 47.4 Å². The van der Waals surface area contributed by atoms with Gasteiger partial charge in [0, 0.05) is 6.42 Å². The third-order valence-electron chi connectivity index (χ3n) is 3.94. The van der Waals surface area contributed by atoms with Crippen LogP contribution in [0.25, 0.3) is 0 Å². The van der Waals surface area contributed by atoms with E-state index in [2.05, 4.69) is 22.2 Å². The molecule has 0 fully saturated rings. The quantitative estimate of drug-likeness (QED) is 0.639. The summed E-state index contributed by atoms with van der Waals surface area (Å²) in [6.07, 6.45) is 7.22. The van der Waals surface area contributed by atoms with Crippen molar-refractivity contribution in [1.82, 2.24) is 9.97 Å². The highest BCUT2D eigenvalue weighted by atomic mass is 16.5. The van der Waals surface area contributed by atoms with Crippen LogP contribution in [0.2, 0.25) is 0 Å². The average Bonchev–Trinajstić information content (AvgIpc) is 2.53. The molecule has 0 spiro atoms. The van der Waals surface area contributed by atoms with Gasteiger partial charge in [0.15, 0.2) is 17.3 Å². The molecule has 3 rings (SSSR count). The van der Waals surface area contributed by atoms with E-state index in [1.165, 1.54) is 25.7 Å². The number of ether oxygens (including phenoxy) is 1. The molecule has 1 aromatic heterocycles. The van der Waals surface area contributed by atoms with E-state index in [1.807, 2.05) is 31.2 Å². The van der Waals surface area contributed by atoms with E-state index >= 15 is 0 Å². The van der Waals surface area contributed by atoms with E-state index < -0.39 is 0 Å². The summed E-state index contributed by atoms with van der Waals surface area (Å²) in [5, 5.41) is 3.36. The average molecular weight is 297 g/mol. The predicted molar refractivity (Wildman–Crippen MR) is 89.0 cm³/mol. The Morgan fingerprint density at radius 3 is 2.73 bits per heavy atom. The third-order valence-corrected chi connectivity index (χ3v) is 3.94. The van der Waals surface area contributed by atoms with Crippen molar-refractivity contribution in [3.05, 3.63) is 35.8 Å². The molecule has 1 aromatic carbocycles. The minimum atomic E-state index is 0.744. The molecule has 1 aliphatic heterocycles. The first kappa shape index (κ1) is 14.8. The standard InChI is InChI=1S/C18H23N3O/c1-3-4-5-6-7-12-16-19-13(2)17-18(21-16)20-14-10-8-9-11-15(14)22-17/h8-11H,3-7,12H2,1-2H3,(H,19,20,21). The van der Waals surface area contributed by atoms with Crippen LogP contribution in [-0.2, 0) is 6.42 Å². The van der Waals surface area contributed by atoms with Gasteiger partial charge in [-0.2, -0.15) is 0 Å². The zero-order chi connectivity index (χ0) is 15.4. The van der Waals surface area contributed by atoms with E-state index in [9.17, 15) is 0 Å². The Kier molecular flexibility index (Phi) is 4.56. The van der Waals surface area contributed by atoms with Crippen molar-refractivity contribution >= 4 is 11.5 Å². The van der Waals surface area contributed by atoms with E-state index in [-0.39, 0.29) is 0 Å². The monoisotopic (exact) mass is 297 g/mol. The van der Waals surface area contributed by atoms with Crippen LogP contribution < -0.4 is 10.1 Å². The van der Waals surface area contributed by atoms with Gasteiger partial charge in [0.2, 0.25) is 0 Å². The first-order valence-corrected chi connectivity index (χ1v) is 8.19. The SMILES string of the molecule is CCCCCCCc1nc(C)c2c(n1)Nc1ccccc1O2. The molecule has 4 nitrogen and oxygen atoms in total. The smallest absolute Gasteiger partial charge is 0.191 e. The summed E-state index contributed by atoms with van der Waals surface area (Å²) < 4.78 is 5.93. The van der Waals surface area contributed by atoms with Crippen LogP contribution in [0.5, 0.6) is 11.5 Å². The van der Waals surface area contributed by atoms with Gasteiger partial charge in [0.1, 0.15) is 5.82 Å². The summed E-state index contributed by atoms with van der Waals surface area (Å²) in [4.78, 5) is 9.24. The van der Waals surface area contributed by atoms with Gasteiger partial charge < -0.3 is 10.1 Å². The number of benzene rings is 1. The molecule has 1 N–H and O–H groups in total. The highest BCUT2D eigenvalue weighted by Crippen LogP contribution is 2.41. The van der Waals surface area contributed by atoms with E-state index in [1.54, 1.807) is 0 Å². The molecule has 0 atom stereocenters. The van der Waals surface area contributed by atoms with Crippen LogP contribution in [0.3, 0.4) is 0 Å². The van der Waals surface area contributed by atoms with E-state index in [0.29, 0.717) is 0 Å². The predicted octanol–water partition coefficient (Wildman–Crippen LogP) is 5.15. The molecule has 0 radical (unpaired) electrons. The van der Waals surface area contributed by atoms with Gasteiger partial charge in [-0.05, 0) is 25.5 Å². The van der Waals surface area contributed by atoms with Crippen molar-refractivity contribution in [1.29, 1.82) is 0 Å². The van der Waals surface area contributed by atoms with Crippen molar-refractivity contribution in [2.45, 2.75) is 52.4 Å². The number of hydrogen-bond acceptors (Lipinski definition) is 4. The van der Waals surface area contributed by atoms with Gasteiger partial charge in [0.05, 0.1) is 11.4 Å². The fraction of sp³-hybridized carbons (Fsp3) is 0.444. The van der Waals surface area contributed by atoms with Gasteiger partial charge >= 0.3 is 0 Å². The summed E-state index contributed by atoms with van der Waals surface area (Å²) in [6, 6.07) is 7.90. The maximum Gasteiger partial charge on any atom is 0.191 e. The Bertz CT molecular complexity index is 655. The molecular formula is C18H23N3O. The van der Waals surface area contributed by atoms with Crippen molar-refractivity contribution in [3.8, 4) is 11.5 Å². The van der Waals surface area contributed by atoms with Gasteiger partial charge in [-0.15, -0.1) is 0 Å². The summed E-state index contributed by atoms with van der Waals surface area (Å²) in [7, 11) is 0. The molecule has 0 aliphatic carbocycles. The van der Waals surface area contributed by atoms with E-state index in [4.69, 9.17) is 4.74 Å². The largest absolute Gasteiger partial charge is 0.449 e. The van der Waals surface area contributed by atoms with Crippen molar-refractivity contribution < 1.29 is 4.74 Å². The number of rotatable bonds is 6. The first-order chi connectivity index (χ1) is 10.8. The Labute approximate surface area is 132 Å². The summed E-state index contributed by atoms with van der Waals surface area (Å²) in [5.74, 6) is 3.26. The molecule has 1 aliphatic rings. The Morgan fingerprint density at radius 1 is 1.05 bits per heavy atom. The Morgan fingerprint density at radius 2 is 1.86 bits per heavy atom. The minimum absolute atomic E-state index is 0.744. The molecule has 0 bridgehead atoms. The lowest BCUT2D eigenvalue weighted by atomic mass is 10.1. The number of nitrogens with zero attached hydrogens (tertiary/aromatic N) is 2. The highest BCUT2D eigenvalue weighted by Gasteiger charge is 2.20. The zero-order valence-corrected chi connectivity index (χ0v) is 13.4. The number of para-hydroxylation sites is 2. The number of aryl methyl sites for hydroxylation is 2. The zero-order valence-electron chi connectivity index (χ0n) is 13.4. The van der Waals surface area contributed by atoms with Crippen LogP contribution in [0.15, 0.2) is 24.3 Å². The molecule has 2 aromatic rings. The number of aromatic nitrogens is 2. The van der Waals surface area contributed by atoms with Crippen LogP contribution in [0.4, 0.5) is 11.5 Å². The fourth-order valence-corrected chi connectivity index (χ4v) is 2.72. The van der Waals surface area contributed by atoms with Gasteiger partial charge in [-0.3, -0.25) is 0 Å². The van der Waals surface area contributed by atoms with Crippen LogP contribution >= 0.6 is 0 Å². The van der Waals surface area contributed by atoms with Gasteiger partial charge in [-0.1, -0.05) is 44.7 Å². The molecule has 0 unspecified atom stereocenters. The minimum Gasteiger partial charge on any atom is -0.449 e. The molecule has 0 saturated heterocycles. The Balaban J connectivity index is 1.71. The number of nitrogens with one attached hydrogen (secondary N) is 1. The first-order valence-electron chi connectivity index (χ1n) is 8.19. The van der Waals surface area contributed by atoms with Crippen LogP contribution in [0.1, 0.15) is 50.5 Å². The normalized spacial score (nSPS) is 12.1. The number of hydrogen-bond donors (Lipinski definition) is 1. The second-order valence-corrected chi connectivity index (χ2v) is 5.79. The molecular weight excluding hydrogens is 274 g/mol. The van der Waals surface area contributed by atoms with Crippen LogP contribution in [0, 0.1) is 6.92 Å². The van der Waals surface area contributed by atoms with Crippen LogP contribution in [-0.4, -0.2) is 9.97 Å². The second kappa shape index (κ2) is 6.77. The molecule has 0 saturated carbocycles. The number of unbranched alkanes of at least 4 members (excludes halogenated alkanes) is 4. The lowest BCUT2D eigenvalue weighted by molar-refractivity contribution is 0.469.